The maximum atomic E-state index is 12.4. The summed E-state index contributed by atoms with van der Waals surface area (Å²) in [6.45, 7) is 13.9. The summed E-state index contributed by atoms with van der Waals surface area (Å²) in [6.07, 6.45) is 14.2. The Labute approximate surface area is 186 Å². The smallest absolute Gasteiger partial charge is 0.162 e. The molecule has 0 heterocycles. The van der Waals surface area contributed by atoms with Gasteiger partial charge in [-0.2, -0.15) is 0 Å². The summed E-state index contributed by atoms with van der Waals surface area (Å²) in [5.74, 6) is 2.56. The van der Waals surface area contributed by atoms with E-state index in [1.54, 1.807) is 0 Å². The lowest BCUT2D eigenvalue weighted by Gasteiger charge is -2.10. The fourth-order valence-corrected chi connectivity index (χ4v) is 3.64. The lowest BCUT2D eigenvalue weighted by atomic mass is 10.0. The number of hydrogen-bond acceptors (Lipinski definition) is 2. The third-order valence-electron chi connectivity index (χ3n) is 5.67. The van der Waals surface area contributed by atoms with Crippen LogP contribution >= 0.6 is 0 Å². The van der Waals surface area contributed by atoms with E-state index in [1.807, 2.05) is 24.3 Å². The van der Waals surface area contributed by atoms with Crippen molar-refractivity contribution in [2.45, 2.75) is 105 Å². The van der Waals surface area contributed by atoms with E-state index in [-0.39, 0.29) is 5.78 Å². The fraction of sp³-hybridized carbons (Fsp3) is 0.679. The molecule has 0 aromatic heterocycles. The molecule has 2 nitrogen and oxygen atoms in total. The van der Waals surface area contributed by atoms with E-state index in [0.29, 0.717) is 12.2 Å². The van der Waals surface area contributed by atoms with Crippen LogP contribution in [0.1, 0.15) is 121 Å². The molecule has 170 valence electrons. The third kappa shape index (κ3) is 12.9. The zero-order chi connectivity index (χ0) is 22.2. The Bertz CT molecular complexity index is 530. The average Bonchev–Trinajstić information content (AvgIpc) is 2.71. The molecule has 0 saturated heterocycles. The van der Waals surface area contributed by atoms with Crippen LogP contribution in [0.15, 0.2) is 30.8 Å². The Morgan fingerprint density at radius 3 is 1.77 bits per heavy atom. The van der Waals surface area contributed by atoms with E-state index >= 15 is 0 Å². The van der Waals surface area contributed by atoms with Gasteiger partial charge in [0.25, 0.3) is 0 Å². The summed E-state index contributed by atoms with van der Waals surface area (Å²) in [4.78, 5) is 12.4. The summed E-state index contributed by atoms with van der Waals surface area (Å²) in [5, 5.41) is 0. The Morgan fingerprint density at radius 2 is 1.20 bits per heavy atom. The highest BCUT2D eigenvalue weighted by Gasteiger charge is 2.07. The quantitative estimate of drug-likeness (QED) is 0.136. The molecule has 0 atom stereocenters. The first-order valence-corrected chi connectivity index (χ1v) is 12.4. The topological polar surface area (TPSA) is 26.3 Å². The van der Waals surface area contributed by atoms with Crippen molar-refractivity contribution in [3.05, 3.63) is 42.0 Å². The molecule has 0 aliphatic rings. The second kappa shape index (κ2) is 16.2. The van der Waals surface area contributed by atoms with Crippen LogP contribution in [0.2, 0.25) is 0 Å². The highest BCUT2D eigenvalue weighted by molar-refractivity contribution is 5.96. The van der Waals surface area contributed by atoms with Gasteiger partial charge in [-0.25, -0.2) is 0 Å². The number of ether oxygens (including phenoxy) is 1. The van der Waals surface area contributed by atoms with E-state index in [9.17, 15) is 4.79 Å². The van der Waals surface area contributed by atoms with Crippen LogP contribution in [-0.4, -0.2) is 12.4 Å². The summed E-state index contributed by atoms with van der Waals surface area (Å²) >= 11 is 0. The van der Waals surface area contributed by atoms with Crippen molar-refractivity contribution in [1.29, 1.82) is 0 Å². The van der Waals surface area contributed by atoms with Crippen LogP contribution in [0.3, 0.4) is 0 Å². The van der Waals surface area contributed by atoms with Gasteiger partial charge in [0.05, 0.1) is 6.61 Å². The molecule has 0 unspecified atom stereocenters. The van der Waals surface area contributed by atoms with Crippen molar-refractivity contribution in [2.24, 2.45) is 11.8 Å². The van der Waals surface area contributed by atoms with E-state index < -0.39 is 0 Å². The maximum Gasteiger partial charge on any atom is 0.162 e. The number of carbonyl (C=O) groups excluding carboxylic acids is 1. The first-order valence-electron chi connectivity index (χ1n) is 12.4. The molecule has 0 spiro atoms. The van der Waals surface area contributed by atoms with Crippen molar-refractivity contribution >= 4 is 11.5 Å². The molecule has 0 radical (unpaired) electrons. The second-order valence-electron chi connectivity index (χ2n) is 9.57. The Hall–Kier alpha value is -1.57. The largest absolute Gasteiger partial charge is 0.494 e. The Balaban J connectivity index is 2.18. The standard InChI is InChI=1S/C28H46O2/c1-23(2)15-11-7-6-8-13-17-28(29)27-20-18-26(19-21-27)25(5)30-22-14-10-9-12-16-24(3)4/h18-21,23-24H,5-17,22H2,1-4H3. The predicted molar refractivity (Wildman–Crippen MR) is 131 cm³/mol. The number of Topliss-reactive ketones (excluding diaryl/α,β-unsaturated/α-hetero) is 1. The highest BCUT2D eigenvalue weighted by Crippen LogP contribution is 2.18. The van der Waals surface area contributed by atoms with Gasteiger partial charge in [-0.15, -0.1) is 0 Å². The molecule has 1 aromatic carbocycles. The van der Waals surface area contributed by atoms with Crippen LogP contribution < -0.4 is 0 Å². The fourth-order valence-electron chi connectivity index (χ4n) is 3.64. The molecule has 0 fully saturated rings. The lowest BCUT2D eigenvalue weighted by molar-refractivity contribution is 0.0979. The Morgan fingerprint density at radius 1 is 0.733 bits per heavy atom. The average molecular weight is 415 g/mol. The number of benzene rings is 1. The van der Waals surface area contributed by atoms with Crippen LogP contribution in [0.5, 0.6) is 0 Å². The number of ketones is 1. The van der Waals surface area contributed by atoms with Gasteiger partial charge in [0.2, 0.25) is 0 Å². The number of rotatable bonds is 18. The van der Waals surface area contributed by atoms with Crippen molar-refractivity contribution in [3.8, 4) is 0 Å². The normalized spacial score (nSPS) is 11.3. The van der Waals surface area contributed by atoms with Gasteiger partial charge in [0, 0.05) is 17.5 Å². The Kier molecular flexibility index (Phi) is 14.3. The second-order valence-corrected chi connectivity index (χ2v) is 9.57. The van der Waals surface area contributed by atoms with Crippen molar-refractivity contribution in [3.63, 3.8) is 0 Å². The van der Waals surface area contributed by atoms with Crippen LogP contribution in [0.4, 0.5) is 0 Å². The molecule has 30 heavy (non-hydrogen) atoms. The summed E-state index contributed by atoms with van der Waals surface area (Å²) < 4.78 is 5.80. The summed E-state index contributed by atoms with van der Waals surface area (Å²) in [5.41, 5.74) is 1.77. The van der Waals surface area contributed by atoms with Crippen molar-refractivity contribution < 1.29 is 9.53 Å². The van der Waals surface area contributed by atoms with Crippen molar-refractivity contribution in [1.82, 2.24) is 0 Å². The minimum absolute atomic E-state index is 0.247. The van der Waals surface area contributed by atoms with E-state index in [1.165, 1.54) is 51.4 Å². The van der Waals surface area contributed by atoms with Gasteiger partial charge in [-0.1, -0.05) is 116 Å². The molecule has 0 bridgehead atoms. The number of unbranched alkanes of at least 4 members (excludes halogenated alkanes) is 7. The molecule has 0 amide bonds. The zero-order valence-electron chi connectivity index (χ0n) is 20.2. The number of hydrogen-bond donors (Lipinski definition) is 0. The van der Waals surface area contributed by atoms with E-state index in [4.69, 9.17) is 4.74 Å². The maximum absolute atomic E-state index is 12.4. The van der Waals surface area contributed by atoms with Gasteiger partial charge < -0.3 is 4.74 Å². The highest BCUT2D eigenvalue weighted by atomic mass is 16.5. The summed E-state index contributed by atoms with van der Waals surface area (Å²) in [7, 11) is 0. The van der Waals surface area contributed by atoms with Crippen LogP contribution in [0, 0.1) is 11.8 Å². The molecule has 0 saturated carbocycles. The SMILES string of the molecule is C=C(OCCCCCCC(C)C)c1ccc(C(=O)CCCCCCCC(C)C)cc1. The molecule has 0 aliphatic carbocycles. The summed E-state index contributed by atoms with van der Waals surface area (Å²) in [6, 6.07) is 7.76. The third-order valence-corrected chi connectivity index (χ3v) is 5.67. The minimum Gasteiger partial charge on any atom is -0.494 e. The predicted octanol–water partition coefficient (Wildman–Crippen LogP) is 8.85. The monoisotopic (exact) mass is 414 g/mol. The van der Waals surface area contributed by atoms with E-state index in [2.05, 4.69) is 34.3 Å². The van der Waals surface area contributed by atoms with Crippen LogP contribution in [-0.2, 0) is 4.74 Å². The van der Waals surface area contributed by atoms with Gasteiger partial charge in [-0.05, 0) is 24.7 Å². The first-order chi connectivity index (χ1) is 14.4. The van der Waals surface area contributed by atoms with Gasteiger partial charge in [0.15, 0.2) is 5.78 Å². The molecule has 0 aliphatic heterocycles. The molecule has 0 N–H and O–H groups in total. The van der Waals surface area contributed by atoms with Gasteiger partial charge in [0.1, 0.15) is 5.76 Å². The lowest BCUT2D eigenvalue weighted by Crippen LogP contribution is -2.00. The van der Waals surface area contributed by atoms with Gasteiger partial charge in [-0.3, -0.25) is 4.79 Å². The molecular formula is C28H46O2. The molecule has 1 aromatic rings. The van der Waals surface area contributed by atoms with Crippen molar-refractivity contribution in [2.75, 3.05) is 6.61 Å². The minimum atomic E-state index is 0.247. The number of carbonyl (C=O) groups is 1. The zero-order valence-corrected chi connectivity index (χ0v) is 20.2. The molecule has 1 rings (SSSR count). The van der Waals surface area contributed by atoms with Gasteiger partial charge >= 0.3 is 0 Å². The molecular weight excluding hydrogens is 368 g/mol. The van der Waals surface area contributed by atoms with E-state index in [0.717, 1.165) is 48.8 Å². The first kappa shape index (κ1) is 26.5. The molecule has 2 heteroatoms. The van der Waals surface area contributed by atoms with Crippen LogP contribution in [0.25, 0.3) is 5.76 Å².